The highest BCUT2D eigenvalue weighted by Gasteiger charge is 2.29. The van der Waals surface area contributed by atoms with E-state index in [9.17, 15) is 8.42 Å². The van der Waals surface area contributed by atoms with E-state index in [1.54, 1.807) is 27.8 Å². The number of nitrogens with zero attached hydrogens (tertiary/aromatic N) is 1. The molecule has 0 aromatic carbocycles. The maximum Gasteiger partial charge on any atom is 0.191 e. The molecule has 0 aliphatic heterocycles. The maximum atomic E-state index is 12.1. The lowest BCUT2D eigenvalue weighted by atomic mass is 9.75. The van der Waals surface area contributed by atoms with Gasteiger partial charge < -0.3 is 10.6 Å². The number of hydrogen-bond acceptors (Lipinski definition) is 3. The van der Waals surface area contributed by atoms with Gasteiger partial charge >= 0.3 is 0 Å². The Morgan fingerprint density at radius 2 is 1.74 bits per heavy atom. The Balaban J connectivity index is 0.00000484. The summed E-state index contributed by atoms with van der Waals surface area (Å²) in [4.78, 5) is 4.20. The van der Waals surface area contributed by atoms with Gasteiger partial charge in [0.15, 0.2) is 15.8 Å². The van der Waals surface area contributed by atoms with E-state index >= 15 is 0 Å². The third-order valence-corrected chi connectivity index (χ3v) is 7.11. The highest BCUT2D eigenvalue weighted by Crippen LogP contribution is 2.34. The van der Waals surface area contributed by atoms with E-state index in [1.165, 1.54) is 12.8 Å². The van der Waals surface area contributed by atoms with Gasteiger partial charge in [-0.05, 0) is 51.9 Å². The van der Waals surface area contributed by atoms with E-state index in [0.29, 0.717) is 24.0 Å². The topological polar surface area (TPSA) is 70.6 Å². The van der Waals surface area contributed by atoms with Crippen LogP contribution in [-0.4, -0.2) is 44.5 Å². The van der Waals surface area contributed by atoms with Crippen molar-refractivity contribution in [2.45, 2.75) is 71.1 Å². The van der Waals surface area contributed by atoms with Gasteiger partial charge in [-0.2, -0.15) is 0 Å². The fourth-order valence-corrected chi connectivity index (χ4v) is 3.52. The van der Waals surface area contributed by atoms with Crippen LogP contribution >= 0.6 is 24.0 Å². The highest BCUT2D eigenvalue weighted by atomic mass is 127. The third-order valence-electron chi connectivity index (χ3n) is 4.50. The van der Waals surface area contributed by atoms with Crippen LogP contribution in [0.15, 0.2) is 4.99 Å². The maximum absolute atomic E-state index is 12.1. The molecule has 0 radical (unpaired) electrons. The highest BCUT2D eigenvalue weighted by molar-refractivity contribution is 14.0. The van der Waals surface area contributed by atoms with Crippen LogP contribution in [0.3, 0.4) is 0 Å². The van der Waals surface area contributed by atoms with Gasteiger partial charge in [-0.15, -0.1) is 24.0 Å². The van der Waals surface area contributed by atoms with Crippen LogP contribution in [0, 0.1) is 5.41 Å². The minimum absolute atomic E-state index is 0. The molecule has 0 spiro atoms. The molecule has 0 bridgehead atoms. The molecule has 1 rings (SSSR count). The van der Waals surface area contributed by atoms with Crippen molar-refractivity contribution in [3.8, 4) is 0 Å². The van der Waals surface area contributed by atoms with Crippen molar-refractivity contribution in [3.05, 3.63) is 0 Å². The molecule has 1 aliphatic rings. The lowest BCUT2D eigenvalue weighted by molar-refractivity contribution is 0.216. The summed E-state index contributed by atoms with van der Waals surface area (Å²) in [5, 5.41) is 6.54. The van der Waals surface area contributed by atoms with Gasteiger partial charge in [-0.3, -0.25) is 4.99 Å². The quantitative estimate of drug-likeness (QED) is 0.385. The normalized spacial score (nSPS) is 19.8. The van der Waals surface area contributed by atoms with Crippen LogP contribution in [0.1, 0.15) is 60.3 Å². The van der Waals surface area contributed by atoms with Crippen LogP contribution in [0.5, 0.6) is 0 Å². The van der Waals surface area contributed by atoms with E-state index in [0.717, 1.165) is 12.8 Å². The summed E-state index contributed by atoms with van der Waals surface area (Å²) < 4.78 is 23.5. The molecule has 0 unspecified atom stereocenters. The Hall–Kier alpha value is -0.0500. The second kappa shape index (κ2) is 8.87. The monoisotopic (exact) mass is 459 g/mol. The summed E-state index contributed by atoms with van der Waals surface area (Å²) in [5.41, 5.74) is 0.440. The summed E-state index contributed by atoms with van der Waals surface area (Å²) in [6.45, 7) is 10.2. The Morgan fingerprint density at radius 3 is 2.17 bits per heavy atom. The molecule has 2 N–H and O–H groups in total. The lowest BCUT2D eigenvalue weighted by Gasteiger charge is -2.35. The predicted octanol–water partition coefficient (Wildman–Crippen LogP) is 2.95. The second-order valence-electron chi connectivity index (χ2n) is 8.01. The standard InChI is InChI=1S/C16H33N3O2S.HI/c1-15(2,3)22(20,21)12-11-18-14(17-6)19-13-7-9-16(4,5)10-8-13;/h13H,7-12H2,1-6H3,(H2,17,18,19);1H. The van der Waals surface area contributed by atoms with Crippen molar-refractivity contribution in [3.63, 3.8) is 0 Å². The molecule has 0 aromatic rings. The minimum atomic E-state index is -3.10. The van der Waals surface area contributed by atoms with E-state index in [2.05, 4.69) is 29.5 Å². The van der Waals surface area contributed by atoms with Crippen molar-refractivity contribution in [1.29, 1.82) is 0 Å². The van der Waals surface area contributed by atoms with Gasteiger partial charge in [0.25, 0.3) is 0 Å². The number of hydrogen-bond donors (Lipinski definition) is 2. The Morgan fingerprint density at radius 1 is 1.22 bits per heavy atom. The van der Waals surface area contributed by atoms with Gasteiger partial charge in [0.1, 0.15) is 0 Å². The van der Waals surface area contributed by atoms with Crippen molar-refractivity contribution in [2.75, 3.05) is 19.3 Å². The first-order valence-corrected chi connectivity index (χ1v) is 9.82. The zero-order valence-electron chi connectivity index (χ0n) is 15.4. The average Bonchev–Trinajstić information content (AvgIpc) is 2.38. The number of aliphatic imine (C=N–C) groups is 1. The SMILES string of the molecule is CN=C(NCCS(=O)(=O)C(C)(C)C)NC1CCC(C)(C)CC1.I. The molecular formula is C16H34IN3O2S. The fraction of sp³-hybridized carbons (Fsp3) is 0.938. The first-order valence-electron chi connectivity index (χ1n) is 8.16. The summed E-state index contributed by atoms with van der Waals surface area (Å²) >= 11 is 0. The van der Waals surface area contributed by atoms with Crippen LogP contribution in [0.4, 0.5) is 0 Å². The first-order chi connectivity index (χ1) is 9.97. The smallest absolute Gasteiger partial charge is 0.191 e. The summed E-state index contributed by atoms with van der Waals surface area (Å²) in [5.74, 6) is 0.823. The van der Waals surface area contributed by atoms with E-state index in [1.807, 2.05) is 0 Å². The zero-order valence-corrected chi connectivity index (χ0v) is 18.5. The van der Waals surface area contributed by atoms with Gasteiger partial charge in [-0.1, -0.05) is 13.8 Å². The molecule has 0 atom stereocenters. The number of nitrogens with one attached hydrogen (secondary N) is 2. The average molecular weight is 459 g/mol. The van der Waals surface area contributed by atoms with E-state index < -0.39 is 14.6 Å². The first kappa shape index (κ1) is 22.9. The number of halogens is 1. The molecule has 138 valence electrons. The van der Waals surface area contributed by atoms with Gasteiger partial charge in [0.05, 0.1) is 10.5 Å². The molecule has 0 heterocycles. The third kappa shape index (κ3) is 7.58. The van der Waals surface area contributed by atoms with Crippen molar-refractivity contribution < 1.29 is 8.42 Å². The second-order valence-corrected chi connectivity index (χ2v) is 10.9. The van der Waals surface area contributed by atoms with Gasteiger partial charge in [0.2, 0.25) is 0 Å². The summed E-state index contributed by atoms with van der Waals surface area (Å²) in [6, 6.07) is 0.429. The van der Waals surface area contributed by atoms with Crippen molar-refractivity contribution >= 4 is 39.8 Å². The Kier molecular flexibility index (Phi) is 8.85. The largest absolute Gasteiger partial charge is 0.355 e. The molecule has 7 heteroatoms. The molecule has 1 saturated carbocycles. The van der Waals surface area contributed by atoms with Gasteiger partial charge in [-0.25, -0.2) is 8.42 Å². The van der Waals surface area contributed by atoms with Gasteiger partial charge in [0, 0.05) is 19.6 Å². The fourth-order valence-electron chi connectivity index (χ4n) is 2.54. The van der Waals surface area contributed by atoms with E-state index in [-0.39, 0.29) is 29.7 Å². The Bertz CT molecular complexity index is 486. The zero-order chi connectivity index (χ0) is 17.0. The summed E-state index contributed by atoms with van der Waals surface area (Å²) in [7, 11) is -1.37. The van der Waals surface area contributed by atoms with Crippen LogP contribution in [-0.2, 0) is 9.84 Å². The molecule has 0 saturated heterocycles. The van der Waals surface area contributed by atoms with Crippen LogP contribution in [0.2, 0.25) is 0 Å². The Labute approximate surface area is 159 Å². The lowest BCUT2D eigenvalue weighted by Crippen LogP contribution is -2.47. The number of rotatable bonds is 4. The van der Waals surface area contributed by atoms with Crippen molar-refractivity contribution in [1.82, 2.24) is 10.6 Å². The molecule has 1 fully saturated rings. The molecule has 5 nitrogen and oxygen atoms in total. The molecule has 0 amide bonds. The van der Waals surface area contributed by atoms with E-state index in [4.69, 9.17) is 0 Å². The molecule has 0 aromatic heterocycles. The minimum Gasteiger partial charge on any atom is -0.355 e. The predicted molar refractivity (Wildman–Crippen MR) is 109 cm³/mol. The van der Waals surface area contributed by atoms with Crippen LogP contribution in [0.25, 0.3) is 0 Å². The molecule has 1 aliphatic carbocycles. The van der Waals surface area contributed by atoms with Crippen LogP contribution < -0.4 is 10.6 Å². The van der Waals surface area contributed by atoms with Crippen molar-refractivity contribution in [2.24, 2.45) is 10.4 Å². The number of guanidine groups is 1. The number of sulfone groups is 1. The molecular weight excluding hydrogens is 425 g/mol. The summed E-state index contributed by atoms with van der Waals surface area (Å²) in [6.07, 6.45) is 4.68. The molecule has 23 heavy (non-hydrogen) atoms.